The molecule has 2 rings (SSSR count). The van der Waals surface area contributed by atoms with E-state index >= 15 is 0 Å². The first-order valence-electron chi connectivity index (χ1n) is 6.70. The summed E-state index contributed by atoms with van der Waals surface area (Å²) in [4.78, 5) is 6.57. The minimum Gasteiger partial charge on any atom is -0.316 e. The first kappa shape index (κ1) is 12.5. The molecule has 94 valence electrons. The van der Waals surface area contributed by atoms with Crippen molar-refractivity contribution in [3.05, 3.63) is 30.1 Å². The molecule has 1 saturated heterocycles. The second kappa shape index (κ2) is 6.72. The van der Waals surface area contributed by atoms with Gasteiger partial charge in [-0.25, -0.2) is 0 Å². The van der Waals surface area contributed by atoms with Crippen molar-refractivity contribution in [2.45, 2.75) is 19.8 Å². The molecule has 1 aromatic rings. The first-order valence-corrected chi connectivity index (χ1v) is 6.70. The van der Waals surface area contributed by atoms with Gasteiger partial charge in [0.25, 0.3) is 0 Å². The summed E-state index contributed by atoms with van der Waals surface area (Å²) < 4.78 is 0. The molecule has 0 aromatic carbocycles. The van der Waals surface area contributed by atoms with Gasteiger partial charge in [0.1, 0.15) is 0 Å². The van der Waals surface area contributed by atoms with Crippen LogP contribution in [-0.2, 0) is 6.42 Å². The lowest BCUT2D eigenvalue weighted by molar-refractivity contribution is 0.339. The molecule has 1 fully saturated rings. The van der Waals surface area contributed by atoms with Gasteiger partial charge in [-0.1, -0.05) is 6.92 Å². The maximum Gasteiger partial charge on any atom is 0.0270 e. The van der Waals surface area contributed by atoms with Crippen molar-refractivity contribution in [1.82, 2.24) is 15.2 Å². The van der Waals surface area contributed by atoms with Crippen molar-refractivity contribution in [2.24, 2.45) is 5.92 Å². The number of aromatic nitrogens is 1. The van der Waals surface area contributed by atoms with Crippen molar-refractivity contribution in [3.63, 3.8) is 0 Å². The number of hydrogen-bond acceptors (Lipinski definition) is 3. The summed E-state index contributed by atoms with van der Waals surface area (Å²) in [5.41, 5.74) is 1.37. The lowest BCUT2D eigenvalue weighted by atomic mass is 10.1. The standard InChI is InChI=1S/C14H23N3/c1-2-17-10-6-14(12-17)11-16-9-5-13-3-7-15-8-4-13/h3-4,7-8,14,16H,2,5-6,9-12H2,1H3. The smallest absolute Gasteiger partial charge is 0.0270 e. The van der Waals surface area contributed by atoms with Gasteiger partial charge in [-0.3, -0.25) is 4.98 Å². The summed E-state index contributed by atoms with van der Waals surface area (Å²) in [5, 5.41) is 3.57. The Bertz CT molecular complexity index is 313. The zero-order valence-electron chi connectivity index (χ0n) is 10.7. The van der Waals surface area contributed by atoms with Crippen molar-refractivity contribution < 1.29 is 0 Å². The van der Waals surface area contributed by atoms with Gasteiger partial charge in [-0.2, -0.15) is 0 Å². The maximum absolute atomic E-state index is 4.03. The molecule has 1 unspecified atom stereocenters. The zero-order valence-corrected chi connectivity index (χ0v) is 10.7. The molecule has 3 nitrogen and oxygen atoms in total. The highest BCUT2D eigenvalue weighted by molar-refractivity contribution is 5.09. The van der Waals surface area contributed by atoms with Crippen molar-refractivity contribution in [3.8, 4) is 0 Å². The van der Waals surface area contributed by atoms with Crippen LogP contribution in [0.3, 0.4) is 0 Å². The molecular weight excluding hydrogens is 210 g/mol. The molecule has 3 heteroatoms. The van der Waals surface area contributed by atoms with E-state index in [4.69, 9.17) is 0 Å². The summed E-state index contributed by atoms with van der Waals surface area (Å²) in [6.45, 7) is 8.26. The number of nitrogens with zero attached hydrogens (tertiary/aromatic N) is 2. The zero-order chi connectivity index (χ0) is 11.9. The Morgan fingerprint density at radius 1 is 1.41 bits per heavy atom. The minimum atomic E-state index is 0.854. The van der Waals surface area contributed by atoms with Gasteiger partial charge in [0, 0.05) is 18.9 Å². The summed E-state index contributed by atoms with van der Waals surface area (Å²) in [7, 11) is 0. The predicted octanol–water partition coefficient (Wildman–Crippen LogP) is 1.56. The van der Waals surface area contributed by atoms with E-state index in [1.165, 1.54) is 38.2 Å². The van der Waals surface area contributed by atoms with Crippen LogP contribution < -0.4 is 5.32 Å². The molecule has 2 heterocycles. The van der Waals surface area contributed by atoms with E-state index in [0.29, 0.717) is 0 Å². The van der Waals surface area contributed by atoms with Crippen LogP contribution in [0.15, 0.2) is 24.5 Å². The van der Waals surface area contributed by atoms with Gasteiger partial charge in [0.05, 0.1) is 0 Å². The van der Waals surface area contributed by atoms with E-state index in [2.05, 4.69) is 34.3 Å². The summed E-state index contributed by atoms with van der Waals surface area (Å²) in [5.74, 6) is 0.854. The molecule has 0 radical (unpaired) electrons. The lowest BCUT2D eigenvalue weighted by Gasteiger charge is -2.13. The summed E-state index contributed by atoms with van der Waals surface area (Å²) in [6.07, 6.45) is 6.19. The Balaban J connectivity index is 1.58. The summed E-state index contributed by atoms with van der Waals surface area (Å²) in [6, 6.07) is 4.19. The average Bonchev–Trinajstić information content (AvgIpc) is 2.84. The highest BCUT2D eigenvalue weighted by Gasteiger charge is 2.20. The van der Waals surface area contributed by atoms with Crippen LogP contribution >= 0.6 is 0 Å². The molecule has 0 spiro atoms. The van der Waals surface area contributed by atoms with Crippen molar-refractivity contribution in [1.29, 1.82) is 0 Å². The van der Waals surface area contributed by atoms with E-state index < -0.39 is 0 Å². The number of hydrogen-bond donors (Lipinski definition) is 1. The van der Waals surface area contributed by atoms with Gasteiger partial charge >= 0.3 is 0 Å². The quantitative estimate of drug-likeness (QED) is 0.756. The molecule has 0 saturated carbocycles. The van der Waals surface area contributed by atoms with Crippen molar-refractivity contribution >= 4 is 0 Å². The molecule has 1 aromatic heterocycles. The average molecular weight is 233 g/mol. The third-order valence-electron chi connectivity index (χ3n) is 3.59. The van der Waals surface area contributed by atoms with E-state index in [-0.39, 0.29) is 0 Å². The number of pyridine rings is 1. The number of nitrogens with one attached hydrogen (secondary N) is 1. The van der Waals surface area contributed by atoms with Crippen LogP contribution in [0.25, 0.3) is 0 Å². The third-order valence-corrected chi connectivity index (χ3v) is 3.59. The topological polar surface area (TPSA) is 28.2 Å². The monoisotopic (exact) mass is 233 g/mol. The van der Waals surface area contributed by atoms with Crippen LogP contribution in [0.1, 0.15) is 18.9 Å². The molecule has 0 aliphatic carbocycles. The number of likely N-dealkylation sites (tertiary alicyclic amines) is 1. The van der Waals surface area contributed by atoms with E-state index in [1.54, 1.807) is 0 Å². The number of rotatable bonds is 6. The van der Waals surface area contributed by atoms with E-state index in [9.17, 15) is 0 Å². The SMILES string of the molecule is CCN1CCC(CNCCc2ccncc2)C1. The highest BCUT2D eigenvalue weighted by atomic mass is 15.1. The molecule has 1 aliphatic heterocycles. The van der Waals surface area contributed by atoms with Gasteiger partial charge in [-0.15, -0.1) is 0 Å². The largest absolute Gasteiger partial charge is 0.316 e. The Morgan fingerprint density at radius 3 is 2.94 bits per heavy atom. The summed E-state index contributed by atoms with van der Waals surface area (Å²) >= 11 is 0. The molecule has 0 amide bonds. The van der Waals surface area contributed by atoms with Crippen LogP contribution in [0.5, 0.6) is 0 Å². The maximum atomic E-state index is 4.03. The predicted molar refractivity (Wildman–Crippen MR) is 71.0 cm³/mol. The third kappa shape index (κ3) is 4.10. The van der Waals surface area contributed by atoms with Crippen LogP contribution in [0, 0.1) is 5.92 Å². The minimum absolute atomic E-state index is 0.854. The molecular formula is C14H23N3. The Labute approximate surface area is 104 Å². The van der Waals surface area contributed by atoms with Crippen LogP contribution in [0.4, 0.5) is 0 Å². The fourth-order valence-corrected chi connectivity index (χ4v) is 2.46. The van der Waals surface area contributed by atoms with Gasteiger partial charge in [-0.05, 0) is 62.6 Å². The normalized spacial score (nSPS) is 20.9. The Kier molecular flexibility index (Phi) is 4.95. The van der Waals surface area contributed by atoms with E-state index in [1.807, 2.05) is 12.4 Å². The fraction of sp³-hybridized carbons (Fsp3) is 0.643. The van der Waals surface area contributed by atoms with Gasteiger partial charge < -0.3 is 10.2 Å². The lowest BCUT2D eigenvalue weighted by Crippen LogP contribution is -2.27. The van der Waals surface area contributed by atoms with Gasteiger partial charge in [0.2, 0.25) is 0 Å². The van der Waals surface area contributed by atoms with E-state index in [0.717, 1.165) is 18.9 Å². The van der Waals surface area contributed by atoms with Crippen LogP contribution in [0.2, 0.25) is 0 Å². The Hall–Kier alpha value is -0.930. The second-order valence-corrected chi connectivity index (χ2v) is 4.86. The Morgan fingerprint density at radius 2 is 2.24 bits per heavy atom. The first-order chi connectivity index (χ1) is 8.38. The molecule has 17 heavy (non-hydrogen) atoms. The van der Waals surface area contributed by atoms with Crippen LogP contribution in [-0.4, -0.2) is 42.6 Å². The second-order valence-electron chi connectivity index (χ2n) is 4.86. The fourth-order valence-electron chi connectivity index (χ4n) is 2.46. The van der Waals surface area contributed by atoms with Crippen molar-refractivity contribution in [2.75, 3.05) is 32.7 Å². The highest BCUT2D eigenvalue weighted by Crippen LogP contribution is 2.14. The molecule has 1 aliphatic rings. The molecule has 1 N–H and O–H groups in total. The molecule has 1 atom stereocenters. The van der Waals surface area contributed by atoms with Gasteiger partial charge in [0.15, 0.2) is 0 Å². The molecule has 0 bridgehead atoms.